The number of hydrogen-bond donors (Lipinski definition) is 2. The summed E-state index contributed by atoms with van der Waals surface area (Å²) >= 11 is 6.04. The van der Waals surface area contributed by atoms with Crippen LogP contribution in [0, 0.1) is 17.1 Å². The zero-order valence-corrected chi connectivity index (χ0v) is 18.9. The Labute approximate surface area is 194 Å². The zero-order chi connectivity index (χ0) is 23.6. The number of benzene rings is 2. The second kappa shape index (κ2) is 9.02. The molecule has 0 saturated heterocycles. The predicted molar refractivity (Wildman–Crippen MR) is 127 cm³/mol. The minimum Gasteiger partial charge on any atom is -0.379 e. The Morgan fingerprint density at radius 1 is 1.09 bits per heavy atom. The SMILES string of the molecule is CS(=O)(=O)Nc1cc(-c2ccc3ncc(C#N)c(NCc4cccc(F)c4)c3c2)cnc1Cl. The smallest absolute Gasteiger partial charge is 0.229 e. The van der Waals surface area contributed by atoms with Gasteiger partial charge in [0.05, 0.1) is 28.7 Å². The van der Waals surface area contributed by atoms with E-state index in [1.807, 2.05) is 12.1 Å². The van der Waals surface area contributed by atoms with Crippen LogP contribution in [0.1, 0.15) is 11.1 Å². The minimum atomic E-state index is -3.54. The van der Waals surface area contributed by atoms with E-state index in [2.05, 4.69) is 26.1 Å². The summed E-state index contributed by atoms with van der Waals surface area (Å²) in [6, 6.07) is 15.3. The molecule has 2 aromatic heterocycles. The molecule has 0 unspecified atom stereocenters. The van der Waals surface area contributed by atoms with E-state index in [4.69, 9.17) is 11.6 Å². The number of anilines is 2. The Bertz CT molecular complexity index is 1520. The van der Waals surface area contributed by atoms with Gasteiger partial charge in [-0.3, -0.25) is 9.71 Å². The predicted octanol–water partition coefficient (Wildman–Crippen LogP) is 4.94. The van der Waals surface area contributed by atoms with Crippen molar-refractivity contribution in [2.45, 2.75) is 6.54 Å². The van der Waals surface area contributed by atoms with Gasteiger partial charge in [-0.2, -0.15) is 5.26 Å². The molecule has 0 fully saturated rings. The maximum absolute atomic E-state index is 13.5. The maximum Gasteiger partial charge on any atom is 0.229 e. The summed E-state index contributed by atoms with van der Waals surface area (Å²) in [5, 5.41) is 13.5. The van der Waals surface area contributed by atoms with E-state index in [9.17, 15) is 18.1 Å². The highest BCUT2D eigenvalue weighted by Gasteiger charge is 2.13. The second-order valence-electron chi connectivity index (χ2n) is 7.31. The average molecular weight is 482 g/mol. The topological polar surface area (TPSA) is 108 Å². The van der Waals surface area contributed by atoms with Crippen molar-refractivity contribution >= 4 is 43.9 Å². The van der Waals surface area contributed by atoms with Crippen LogP contribution in [0.2, 0.25) is 5.15 Å². The van der Waals surface area contributed by atoms with Crippen LogP contribution >= 0.6 is 11.6 Å². The van der Waals surface area contributed by atoms with Crippen LogP contribution in [-0.4, -0.2) is 24.6 Å². The van der Waals surface area contributed by atoms with E-state index < -0.39 is 10.0 Å². The molecule has 0 radical (unpaired) electrons. The van der Waals surface area contributed by atoms with Gasteiger partial charge in [0.2, 0.25) is 10.0 Å². The first-order chi connectivity index (χ1) is 15.7. The van der Waals surface area contributed by atoms with Crippen LogP contribution in [0.5, 0.6) is 0 Å². The summed E-state index contributed by atoms with van der Waals surface area (Å²) in [6.07, 6.45) is 4.03. The Morgan fingerprint density at radius 2 is 1.91 bits per heavy atom. The molecule has 0 amide bonds. The van der Waals surface area contributed by atoms with Gasteiger partial charge in [0.25, 0.3) is 0 Å². The van der Waals surface area contributed by atoms with Gasteiger partial charge in [-0.25, -0.2) is 17.8 Å². The Balaban J connectivity index is 1.77. The Kier molecular flexibility index (Phi) is 6.14. The largest absolute Gasteiger partial charge is 0.379 e. The van der Waals surface area contributed by atoms with E-state index in [0.717, 1.165) is 11.8 Å². The first kappa shape index (κ1) is 22.5. The van der Waals surface area contributed by atoms with E-state index in [1.54, 1.807) is 24.3 Å². The summed E-state index contributed by atoms with van der Waals surface area (Å²) in [5.41, 5.74) is 3.76. The summed E-state index contributed by atoms with van der Waals surface area (Å²) in [6.45, 7) is 0.306. The quantitative estimate of drug-likeness (QED) is 0.377. The van der Waals surface area contributed by atoms with Crippen molar-refractivity contribution in [2.24, 2.45) is 0 Å². The molecule has 0 spiro atoms. The number of hydrogen-bond acceptors (Lipinski definition) is 6. The van der Waals surface area contributed by atoms with E-state index in [0.29, 0.717) is 39.8 Å². The number of sulfonamides is 1. The number of rotatable bonds is 6. The van der Waals surface area contributed by atoms with Crippen molar-refractivity contribution in [2.75, 3.05) is 16.3 Å². The molecule has 0 aliphatic heterocycles. The van der Waals surface area contributed by atoms with Crippen molar-refractivity contribution in [3.05, 3.63) is 83.0 Å². The van der Waals surface area contributed by atoms with Gasteiger partial charge in [-0.05, 0) is 41.5 Å². The third-order valence-corrected chi connectivity index (χ3v) is 5.71. The Morgan fingerprint density at radius 3 is 2.64 bits per heavy atom. The molecule has 2 aromatic carbocycles. The minimum absolute atomic E-state index is 0.0239. The van der Waals surface area contributed by atoms with Crippen LogP contribution in [0.3, 0.4) is 0 Å². The zero-order valence-electron chi connectivity index (χ0n) is 17.3. The van der Waals surface area contributed by atoms with Gasteiger partial charge in [0, 0.05) is 29.9 Å². The van der Waals surface area contributed by atoms with E-state index in [1.165, 1.54) is 24.5 Å². The Hall–Kier alpha value is -3.74. The highest BCUT2D eigenvalue weighted by Crippen LogP contribution is 2.33. The van der Waals surface area contributed by atoms with Gasteiger partial charge in [-0.1, -0.05) is 29.8 Å². The highest BCUT2D eigenvalue weighted by atomic mass is 35.5. The normalized spacial score (nSPS) is 11.2. The van der Waals surface area contributed by atoms with Crippen LogP contribution in [0.15, 0.2) is 60.9 Å². The van der Waals surface area contributed by atoms with Crippen LogP contribution in [-0.2, 0) is 16.6 Å². The first-order valence-electron chi connectivity index (χ1n) is 9.68. The van der Waals surface area contributed by atoms with Crippen LogP contribution in [0.25, 0.3) is 22.0 Å². The molecule has 7 nitrogen and oxygen atoms in total. The lowest BCUT2D eigenvalue weighted by Crippen LogP contribution is -2.10. The van der Waals surface area contributed by atoms with Crippen molar-refractivity contribution < 1.29 is 12.8 Å². The third kappa shape index (κ3) is 5.19. The lowest BCUT2D eigenvalue weighted by molar-refractivity contribution is 0.606. The lowest BCUT2D eigenvalue weighted by atomic mass is 10.0. The average Bonchev–Trinajstić information content (AvgIpc) is 2.77. The molecule has 0 aliphatic carbocycles. The summed E-state index contributed by atoms with van der Waals surface area (Å²) < 4.78 is 39.2. The number of aromatic nitrogens is 2. The monoisotopic (exact) mass is 481 g/mol. The standard InChI is InChI=1S/C23H17ClFN5O2S/c1-33(31,32)30-21-9-16(12-29-23(21)24)15-5-6-20-19(8-15)22(17(10-26)13-27-20)28-11-14-3-2-4-18(25)7-14/h2-9,12-13,30H,11H2,1H3,(H,27,28). The molecule has 0 saturated carbocycles. The molecule has 0 bridgehead atoms. The molecule has 33 heavy (non-hydrogen) atoms. The fourth-order valence-electron chi connectivity index (χ4n) is 3.36. The maximum atomic E-state index is 13.5. The fourth-order valence-corrected chi connectivity index (χ4v) is 4.12. The van der Waals surface area contributed by atoms with Crippen molar-refractivity contribution in [1.82, 2.24) is 9.97 Å². The van der Waals surface area contributed by atoms with Crippen LogP contribution < -0.4 is 10.0 Å². The van der Waals surface area contributed by atoms with E-state index in [-0.39, 0.29) is 16.7 Å². The lowest BCUT2D eigenvalue weighted by Gasteiger charge is -2.13. The third-order valence-electron chi connectivity index (χ3n) is 4.81. The van der Waals surface area contributed by atoms with Crippen molar-refractivity contribution in [1.29, 1.82) is 5.26 Å². The first-order valence-corrected chi connectivity index (χ1v) is 12.0. The molecule has 2 heterocycles. The molecular formula is C23H17ClFN5O2S. The summed E-state index contributed by atoms with van der Waals surface area (Å²) in [5.74, 6) is -0.342. The molecule has 166 valence electrons. The second-order valence-corrected chi connectivity index (χ2v) is 9.42. The molecule has 10 heteroatoms. The van der Waals surface area contributed by atoms with Crippen molar-refractivity contribution in [3.63, 3.8) is 0 Å². The number of nitrogens with zero attached hydrogens (tertiary/aromatic N) is 3. The number of nitriles is 1. The van der Waals surface area contributed by atoms with Crippen LogP contribution in [0.4, 0.5) is 15.8 Å². The summed E-state index contributed by atoms with van der Waals surface area (Å²) in [4.78, 5) is 8.43. The molecule has 0 aliphatic rings. The number of halogens is 2. The number of nitrogens with one attached hydrogen (secondary N) is 2. The molecular weight excluding hydrogens is 465 g/mol. The van der Waals surface area contributed by atoms with Gasteiger partial charge in [-0.15, -0.1) is 0 Å². The highest BCUT2D eigenvalue weighted by molar-refractivity contribution is 7.92. The van der Waals surface area contributed by atoms with Crippen molar-refractivity contribution in [3.8, 4) is 17.2 Å². The van der Waals surface area contributed by atoms with Gasteiger partial charge >= 0.3 is 0 Å². The number of fused-ring (bicyclic) bond motifs is 1. The molecule has 0 atom stereocenters. The molecule has 2 N–H and O–H groups in total. The molecule has 4 rings (SSSR count). The van der Waals surface area contributed by atoms with Gasteiger partial charge in [0.15, 0.2) is 5.15 Å². The van der Waals surface area contributed by atoms with Gasteiger partial charge in [0.1, 0.15) is 11.9 Å². The van der Waals surface area contributed by atoms with Gasteiger partial charge < -0.3 is 5.32 Å². The summed E-state index contributed by atoms with van der Waals surface area (Å²) in [7, 11) is -3.54. The fraction of sp³-hybridized carbons (Fsp3) is 0.0870. The molecule has 4 aromatic rings. The van der Waals surface area contributed by atoms with E-state index >= 15 is 0 Å². The number of pyridine rings is 2.